The van der Waals surface area contributed by atoms with Gasteiger partial charge in [0, 0.05) is 24.3 Å². The lowest BCUT2D eigenvalue weighted by Crippen LogP contribution is -2.38. The van der Waals surface area contributed by atoms with Crippen molar-refractivity contribution < 1.29 is 4.79 Å². The molecule has 4 rings (SSSR count). The third kappa shape index (κ3) is 3.38. The second-order valence-electron chi connectivity index (χ2n) is 6.84. The third-order valence-electron chi connectivity index (χ3n) is 5.05. The van der Waals surface area contributed by atoms with Gasteiger partial charge >= 0.3 is 0 Å². The van der Waals surface area contributed by atoms with Crippen LogP contribution in [-0.4, -0.2) is 20.4 Å². The van der Waals surface area contributed by atoms with Crippen LogP contribution in [0.2, 0.25) is 0 Å². The zero-order valence-electron chi connectivity index (χ0n) is 14.8. The second-order valence-corrected chi connectivity index (χ2v) is 6.84. The van der Waals surface area contributed by atoms with Gasteiger partial charge in [-0.15, -0.1) is 0 Å². The Morgan fingerprint density at radius 1 is 1.27 bits per heavy atom. The van der Waals surface area contributed by atoms with Crippen LogP contribution in [0.25, 0.3) is 0 Å². The molecule has 2 atom stereocenters. The molecular formula is C21H22N4O. The highest BCUT2D eigenvalue weighted by Crippen LogP contribution is 2.37. The largest absolute Gasteiger partial charge is 0.347 e. The van der Waals surface area contributed by atoms with Crippen LogP contribution < -0.4 is 5.32 Å². The number of hydrogen-bond acceptors (Lipinski definition) is 3. The van der Waals surface area contributed by atoms with E-state index >= 15 is 0 Å². The van der Waals surface area contributed by atoms with Gasteiger partial charge in [0.15, 0.2) is 0 Å². The average molecular weight is 346 g/mol. The van der Waals surface area contributed by atoms with Gasteiger partial charge in [-0.2, -0.15) is 0 Å². The highest BCUT2D eigenvalue weighted by atomic mass is 16.1. The average Bonchev–Trinajstić information content (AvgIpc) is 3.18. The maximum absolute atomic E-state index is 12.7. The molecule has 3 aromatic rings. The van der Waals surface area contributed by atoms with Gasteiger partial charge in [0.25, 0.3) is 0 Å². The van der Waals surface area contributed by atoms with Crippen molar-refractivity contribution in [2.75, 3.05) is 0 Å². The number of imidazole rings is 1. The molecule has 1 aliphatic carbocycles. The molecule has 0 radical (unpaired) electrons. The van der Waals surface area contributed by atoms with Crippen molar-refractivity contribution in [2.45, 2.75) is 38.3 Å². The molecule has 0 aliphatic heterocycles. The van der Waals surface area contributed by atoms with Crippen LogP contribution in [-0.2, 0) is 17.6 Å². The molecule has 1 N–H and O–H groups in total. The van der Waals surface area contributed by atoms with Crippen molar-refractivity contribution in [1.82, 2.24) is 19.9 Å². The first kappa shape index (κ1) is 16.5. The number of hydrogen-bond donors (Lipinski definition) is 1. The summed E-state index contributed by atoms with van der Waals surface area (Å²) in [4.78, 5) is 21.2. The van der Waals surface area contributed by atoms with Crippen molar-refractivity contribution in [1.29, 1.82) is 0 Å². The molecule has 1 aromatic carbocycles. The van der Waals surface area contributed by atoms with Crippen LogP contribution in [0, 0.1) is 6.92 Å². The number of rotatable bonds is 4. The van der Waals surface area contributed by atoms with E-state index < -0.39 is 0 Å². The fraction of sp³-hybridized carbons (Fsp3) is 0.286. The van der Waals surface area contributed by atoms with E-state index in [1.165, 1.54) is 11.1 Å². The Morgan fingerprint density at radius 3 is 2.92 bits per heavy atom. The number of carbonyl (C=O) groups is 1. The predicted molar refractivity (Wildman–Crippen MR) is 99.6 cm³/mol. The highest BCUT2D eigenvalue weighted by molar-refractivity contribution is 5.79. The molecule has 2 aromatic heterocycles. The molecule has 132 valence electrons. The molecule has 2 heterocycles. The summed E-state index contributed by atoms with van der Waals surface area (Å²) in [5.41, 5.74) is 4.39. The van der Waals surface area contributed by atoms with Gasteiger partial charge in [-0.05, 0) is 42.5 Å². The molecule has 0 fully saturated rings. The summed E-state index contributed by atoms with van der Waals surface area (Å²) in [5.74, 6) is 0.0162. The van der Waals surface area contributed by atoms with Crippen molar-refractivity contribution in [3.05, 3.63) is 83.7 Å². The van der Waals surface area contributed by atoms with E-state index in [9.17, 15) is 4.79 Å². The van der Waals surface area contributed by atoms with Crippen molar-refractivity contribution in [2.24, 2.45) is 0 Å². The molecule has 1 amide bonds. The molecule has 0 saturated heterocycles. The summed E-state index contributed by atoms with van der Waals surface area (Å²) >= 11 is 0. The van der Waals surface area contributed by atoms with E-state index in [1.807, 2.05) is 37.6 Å². The monoisotopic (exact) mass is 346 g/mol. The van der Waals surface area contributed by atoms with E-state index in [1.54, 1.807) is 12.4 Å². The molecule has 5 heteroatoms. The van der Waals surface area contributed by atoms with Crippen LogP contribution in [0.4, 0.5) is 0 Å². The molecule has 2 unspecified atom stereocenters. The van der Waals surface area contributed by atoms with Gasteiger partial charge in [-0.25, -0.2) is 4.98 Å². The van der Waals surface area contributed by atoms with E-state index in [2.05, 4.69) is 38.1 Å². The number of aryl methyl sites for hydroxylation is 2. The SMILES string of the molecule is Cc1ccc(CC(=O)NC2c3ccccc3CCC2n2ccnc2)cn1. The fourth-order valence-corrected chi connectivity index (χ4v) is 3.72. The first-order chi connectivity index (χ1) is 12.7. The third-order valence-corrected chi connectivity index (χ3v) is 5.05. The Bertz CT molecular complexity index is 887. The quantitative estimate of drug-likeness (QED) is 0.789. The normalized spacial score (nSPS) is 19.0. The number of amides is 1. The first-order valence-electron chi connectivity index (χ1n) is 8.97. The zero-order chi connectivity index (χ0) is 17.9. The van der Waals surface area contributed by atoms with Crippen LogP contribution in [0.15, 0.2) is 61.3 Å². The number of benzene rings is 1. The van der Waals surface area contributed by atoms with Crippen LogP contribution >= 0.6 is 0 Å². The smallest absolute Gasteiger partial charge is 0.225 e. The fourth-order valence-electron chi connectivity index (χ4n) is 3.72. The second kappa shape index (κ2) is 7.12. The predicted octanol–water partition coefficient (Wildman–Crippen LogP) is 3.17. The lowest BCUT2D eigenvalue weighted by Gasteiger charge is -2.35. The summed E-state index contributed by atoms with van der Waals surface area (Å²) < 4.78 is 2.11. The summed E-state index contributed by atoms with van der Waals surface area (Å²) in [5, 5.41) is 3.26. The van der Waals surface area contributed by atoms with Crippen LogP contribution in [0.5, 0.6) is 0 Å². The van der Waals surface area contributed by atoms with Gasteiger partial charge < -0.3 is 9.88 Å². The van der Waals surface area contributed by atoms with E-state index in [0.29, 0.717) is 6.42 Å². The first-order valence-corrected chi connectivity index (χ1v) is 8.97. The highest BCUT2D eigenvalue weighted by Gasteiger charge is 2.31. The van der Waals surface area contributed by atoms with Gasteiger partial charge in [0.2, 0.25) is 5.91 Å². The number of nitrogens with zero attached hydrogens (tertiary/aromatic N) is 3. The minimum Gasteiger partial charge on any atom is -0.347 e. The molecule has 1 aliphatic rings. The standard InChI is InChI=1S/C21H22N4O/c1-15-6-7-16(13-23-15)12-20(26)24-21-18-5-3-2-4-17(18)8-9-19(21)25-11-10-22-14-25/h2-7,10-11,13-14,19,21H,8-9,12H2,1H3,(H,24,26). The maximum Gasteiger partial charge on any atom is 0.225 e. The van der Waals surface area contributed by atoms with E-state index in [0.717, 1.165) is 24.1 Å². The minimum absolute atomic E-state index is 0.0162. The number of nitrogens with one attached hydrogen (secondary N) is 1. The summed E-state index contributed by atoms with van der Waals surface area (Å²) in [6.45, 7) is 1.94. The van der Waals surface area contributed by atoms with Gasteiger partial charge in [0.05, 0.1) is 24.8 Å². The van der Waals surface area contributed by atoms with Crippen molar-refractivity contribution in [3.8, 4) is 0 Å². The van der Waals surface area contributed by atoms with Crippen LogP contribution in [0.1, 0.15) is 40.9 Å². The van der Waals surface area contributed by atoms with Crippen molar-refractivity contribution in [3.63, 3.8) is 0 Å². The number of pyridine rings is 1. The molecule has 5 nitrogen and oxygen atoms in total. The minimum atomic E-state index is -0.0555. The summed E-state index contributed by atoms with van der Waals surface area (Å²) in [6, 6.07) is 12.4. The van der Waals surface area contributed by atoms with Gasteiger partial charge in [-0.3, -0.25) is 9.78 Å². The number of carbonyl (C=O) groups excluding carboxylic acids is 1. The topological polar surface area (TPSA) is 59.8 Å². The molecule has 0 bridgehead atoms. The molecular weight excluding hydrogens is 324 g/mol. The van der Waals surface area contributed by atoms with Gasteiger partial charge in [-0.1, -0.05) is 30.3 Å². The number of fused-ring (bicyclic) bond motifs is 1. The number of aromatic nitrogens is 3. The Morgan fingerprint density at radius 2 is 2.15 bits per heavy atom. The Labute approximate surface area is 153 Å². The van der Waals surface area contributed by atoms with Crippen LogP contribution in [0.3, 0.4) is 0 Å². The zero-order valence-corrected chi connectivity index (χ0v) is 14.8. The Kier molecular flexibility index (Phi) is 4.52. The summed E-state index contributed by atoms with van der Waals surface area (Å²) in [7, 11) is 0. The van der Waals surface area contributed by atoms with Crippen molar-refractivity contribution >= 4 is 5.91 Å². The van der Waals surface area contributed by atoms with Gasteiger partial charge in [0.1, 0.15) is 0 Å². The Balaban J connectivity index is 1.58. The molecule has 26 heavy (non-hydrogen) atoms. The maximum atomic E-state index is 12.7. The van der Waals surface area contributed by atoms with E-state index in [4.69, 9.17) is 0 Å². The Hall–Kier alpha value is -2.95. The lowest BCUT2D eigenvalue weighted by molar-refractivity contribution is -0.121. The molecule has 0 saturated carbocycles. The lowest BCUT2D eigenvalue weighted by atomic mass is 9.83. The van der Waals surface area contributed by atoms with E-state index in [-0.39, 0.29) is 18.0 Å². The molecule has 0 spiro atoms. The summed E-state index contributed by atoms with van der Waals surface area (Å²) in [6.07, 6.45) is 9.69.